The summed E-state index contributed by atoms with van der Waals surface area (Å²) in [6.45, 7) is 6.55. The van der Waals surface area contributed by atoms with E-state index in [1.54, 1.807) is 0 Å². The van der Waals surface area contributed by atoms with Crippen LogP contribution in [0.3, 0.4) is 0 Å². The summed E-state index contributed by atoms with van der Waals surface area (Å²) < 4.78 is 22.6. The molecule has 9 heteroatoms. The summed E-state index contributed by atoms with van der Waals surface area (Å²) in [6.07, 6.45) is 0. The second-order valence-corrected chi connectivity index (χ2v) is 39.9. The van der Waals surface area contributed by atoms with Crippen molar-refractivity contribution in [1.82, 2.24) is 27.4 Å². The Balaban J connectivity index is 0.000000102. The molecule has 0 bridgehead atoms. The molecule has 30 aromatic rings. The molecule has 0 radical (unpaired) electrons. The van der Waals surface area contributed by atoms with Gasteiger partial charge < -0.3 is 27.4 Å². The van der Waals surface area contributed by atoms with Crippen LogP contribution in [0.25, 0.3) is 259 Å². The summed E-state index contributed by atoms with van der Waals surface area (Å²) in [4.78, 5) is 0. The number of aromatic nitrogens is 6. The highest BCUT2D eigenvalue weighted by atomic mass is 32.1. The van der Waals surface area contributed by atoms with Crippen LogP contribution in [-0.2, 0) is 0 Å². The van der Waals surface area contributed by atoms with Crippen molar-refractivity contribution in [1.29, 1.82) is 0 Å². The number of fused-ring (bicyclic) bond motifs is 27. The van der Waals surface area contributed by atoms with E-state index < -0.39 is 0 Å². The number of nitrogens with zero attached hydrogens (tertiary/aromatic N) is 6. The average molecular weight is 1810 g/mol. The highest BCUT2D eigenvalue weighted by Gasteiger charge is 2.26. The molecule has 0 spiro atoms. The van der Waals surface area contributed by atoms with Gasteiger partial charge >= 0.3 is 0 Å². The number of hydrogen-bond donors (Lipinski definition) is 0. The molecule has 0 N–H and O–H groups in total. The summed E-state index contributed by atoms with van der Waals surface area (Å²) in [5.41, 5.74) is 33.1. The maximum atomic E-state index is 2.45. The largest absolute Gasteiger partial charge is 0.309 e. The van der Waals surface area contributed by atoms with Crippen LogP contribution in [0, 0.1) is 20.8 Å². The summed E-state index contributed by atoms with van der Waals surface area (Å²) in [5.74, 6) is 0. The van der Waals surface area contributed by atoms with Gasteiger partial charge in [0.05, 0.1) is 66.2 Å². The van der Waals surface area contributed by atoms with Crippen LogP contribution in [-0.4, -0.2) is 27.4 Å². The standard InChI is InChI=1S/3C43H28N2S/c1-27-18-23-33-37-25-36-32-12-5-7-16-38(32)44(29-10-3-2-4-11-29)40(36)26-41(37)45(39(33)24-27)30-21-19-28(20-22-30)31-14-9-15-35-34-13-6-8-17-42(34)46-43(31)35;1-27-18-23-39-35(24-27)37-25-36-32-12-5-7-16-38(32)45(40(36)26-41(37)44(39)29-10-3-2-4-11-29)30-21-19-28(20-22-30)31-14-9-15-34-33-13-6-8-17-42(33)46-43(31)34;1-27-18-23-39-35(24-27)37-25-36-32-12-5-7-16-38(32)44(29-10-3-2-4-11-29)40(36)26-41(37)45(39)30-21-19-28(20-22-30)31-14-9-15-34-33-13-6-8-17-42(33)46-43(31)34/h3*2-26H,1H3. The molecule has 9 aromatic heterocycles. The van der Waals surface area contributed by atoms with Crippen LogP contribution < -0.4 is 0 Å². The van der Waals surface area contributed by atoms with Crippen molar-refractivity contribution in [2.75, 3.05) is 0 Å². The molecule has 30 rings (SSSR count). The minimum absolute atomic E-state index is 1.16. The topological polar surface area (TPSA) is 29.6 Å². The lowest BCUT2D eigenvalue weighted by Gasteiger charge is -2.11. The average Bonchev–Trinajstić information content (AvgIpc) is 1.56. The SMILES string of the molecule is Cc1ccc2c(c1)c1cc3c4ccccc4n(-c4ccc(-c5cccc6c5sc5ccccc56)cc4)c3cc1n2-c1ccccc1.Cc1ccc2c(c1)c1cc3c4ccccc4n(-c4ccccc4)c3cc1n2-c1ccc(-c2cccc3c2sc2ccccc23)cc1.Cc1ccc2c3cc4c5ccccc5n(-c5ccccc5)c4cc3n(-c3ccc(-c4cccc5c4sc4ccccc45)cc3)c2c1. The smallest absolute Gasteiger partial charge is 0.0562 e. The molecule has 0 aliphatic rings. The lowest BCUT2D eigenvalue weighted by atomic mass is 10.0. The molecule has 0 atom stereocenters. The third-order valence-electron chi connectivity index (χ3n) is 28.7. The van der Waals surface area contributed by atoms with Crippen LogP contribution in [0.1, 0.15) is 16.7 Å². The Kier molecular flexibility index (Phi) is 18.2. The number of thiophene rings is 3. The Morgan fingerprint density at radius 3 is 0.688 bits per heavy atom. The molecule has 0 saturated carbocycles. The van der Waals surface area contributed by atoms with E-state index in [0.717, 1.165) is 11.4 Å². The van der Waals surface area contributed by atoms with Gasteiger partial charge in [0.1, 0.15) is 0 Å². The molecule has 0 fully saturated rings. The van der Waals surface area contributed by atoms with E-state index >= 15 is 0 Å². The Morgan fingerprint density at radius 2 is 0.362 bits per heavy atom. The van der Waals surface area contributed by atoms with Gasteiger partial charge in [-0.05, 0) is 236 Å². The van der Waals surface area contributed by atoms with Crippen molar-refractivity contribution in [2.45, 2.75) is 20.8 Å². The van der Waals surface area contributed by atoms with E-state index in [-0.39, 0.29) is 0 Å². The zero-order valence-electron chi connectivity index (χ0n) is 75.7. The van der Waals surface area contributed by atoms with E-state index in [9.17, 15) is 0 Å². The summed E-state index contributed by atoms with van der Waals surface area (Å²) >= 11 is 5.65. The maximum absolute atomic E-state index is 2.45. The summed E-state index contributed by atoms with van der Waals surface area (Å²) in [7, 11) is 0. The van der Waals surface area contributed by atoms with Crippen LogP contribution in [0.4, 0.5) is 0 Å². The van der Waals surface area contributed by atoms with Crippen molar-refractivity contribution in [2.24, 2.45) is 0 Å². The van der Waals surface area contributed by atoms with E-state index in [1.807, 2.05) is 34.0 Å². The van der Waals surface area contributed by atoms with Gasteiger partial charge in [-0.2, -0.15) is 0 Å². The van der Waals surface area contributed by atoms with E-state index in [0.29, 0.717) is 0 Å². The van der Waals surface area contributed by atoms with Crippen molar-refractivity contribution in [3.8, 4) is 67.5 Å². The second kappa shape index (κ2) is 31.6. The third kappa shape index (κ3) is 12.5. The van der Waals surface area contributed by atoms with Crippen LogP contribution >= 0.6 is 34.0 Å². The molecule has 0 saturated heterocycles. The van der Waals surface area contributed by atoms with Gasteiger partial charge in [-0.3, -0.25) is 0 Å². The second-order valence-electron chi connectivity index (χ2n) is 36.8. The van der Waals surface area contributed by atoms with Gasteiger partial charge in [-0.15, -0.1) is 34.0 Å². The van der Waals surface area contributed by atoms with Gasteiger partial charge in [-0.25, -0.2) is 0 Å². The van der Waals surface area contributed by atoms with Gasteiger partial charge in [0.15, 0.2) is 0 Å². The number of para-hydroxylation sites is 6. The predicted molar refractivity (Wildman–Crippen MR) is 595 cm³/mol. The molecular formula is C129H84N6S3. The third-order valence-corrected chi connectivity index (χ3v) is 32.4. The molecule has 0 amide bonds. The molecule has 0 unspecified atom stereocenters. The Morgan fingerprint density at radius 1 is 0.138 bits per heavy atom. The molecule has 138 heavy (non-hydrogen) atoms. The quantitative estimate of drug-likeness (QED) is 0.138. The first-order valence-electron chi connectivity index (χ1n) is 47.3. The summed E-state index contributed by atoms with van der Waals surface area (Å²) in [6, 6.07) is 167. The predicted octanol–water partition coefficient (Wildman–Crippen LogP) is 36.7. The first-order valence-corrected chi connectivity index (χ1v) is 49.8. The number of benzene rings is 21. The number of hydrogen-bond acceptors (Lipinski definition) is 3. The minimum Gasteiger partial charge on any atom is -0.309 e. The van der Waals surface area contributed by atoms with Crippen molar-refractivity contribution < 1.29 is 0 Å². The van der Waals surface area contributed by atoms with Gasteiger partial charge in [0, 0.05) is 159 Å². The zero-order chi connectivity index (χ0) is 91.1. The molecule has 21 aromatic carbocycles. The lowest BCUT2D eigenvalue weighted by Crippen LogP contribution is -1.96. The summed E-state index contributed by atoms with van der Waals surface area (Å²) in [5, 5.41) is 23.3. The first kappa shape index (κ1) is 79.6. The monoisotopic (exact) mass is 1810 g/mol. The first-order chi connectivity index (χ1) is 68.2. The number of aryl methyl sites for hydroxylation is 3. The van der Waals surface area contributed by atoms with Crippen molar-refractivity contribution in [3.63, 3.8) is 0 Å². The Hall–Kier alpha value is -16.9. The fourth-order valence-corrected chi connectivity index (χ4v) is 26.2. The fraction of sp³-hybridized carbons (Fsp3) is 0.0233. The van der Waals surface area contributed by atoms with Gasteiger partial charge in [-0.1, -0.05) is 290 Å². The van der Waals surface area contributed by atoms with Crippen molar-refractivity contribution in [3.05, 3.63) is 472 Å². The molecule has 0 aliphatic heterocycles. The van der Waals surface area contributed by atoms with Crippen LogP contribution in [0.15, 0.2) is 455 Å². The fourth-order valence-electron chi connectivity index (χ4n) is 22.5. The zero-order valence-corrected chi connectivity index (χ0v) is 78.2. The molecule has 648 valence electrons. The van der Waals surface area contributed by atoms with Gasteiger partial charge in [0.25, 0.3) is 0 Å². The van der Waals surface area contributed by atoms with E-state index in [2.05, 4.69) is 503 Å². The minimum atomic E-state index is 1.16. The van der Waals surface area contributed by atoms with E-state index in [1.165, 1.54) is 264 Å². The molecule has 9 heterocycles. The molecule has 0 aliphatic carbocycles. The lowest BCUT2D eigenvalue weighted by molar-refractivity contribution is 1.16. The highest BCUT2D eigenvalue weighted by molar-refractivity contribution is 7.27. The van der Waals surface area contributed by atoms with E-state index in [4.69, 9.17) is 0 Å². The molecular weight excluding hydrogens is 1730 g/mol. The van der Waals surface area contributed by atoms with Crippen LogP contribution in [0.5, 0.6) is 0 Å². The Labute approximate surface area is 806 Å². The highest BCUT2D eigenvalue weighted by Crippen LogP contribution is 2.49. The maximum Gasteiger partial charge on any atom is 0.0562 e. The Bertz CT molecular complexity index is 10200. The van der Waals surface area contributed by atoms with Crippen LogP contribution in [0.2, 0.25) is 0 Å². The van der Waals surface area contributed by atoms with Gasteiger partial charge in [0.2, 0.25) is 0 Å². The van der Waals surface area contributed by atoms with Crippen molar-refractivity contribution >= 4 is 225 Å². The normalized spacial score (nSPS) is 12.0. The number of rotatable bonds is 9. The molecule has 6 nitrogen and oxygen atoms in total.